The fourth-order valence-electron chi connectivity index (χ4n) is 2.97. The lowest BCUT2D eigenvalue weighted by atomic mass is 9.96. The number of nitro benzene ring substituents is 1. The van der Waals surface area contributed by atoms with Gasteiger partial charge in [-0.2, -0.15) is 0 Å². The van der Waals surface area contributed by atoms with Gasteiger partial charge in [0.1, 0.15) is 5.82 Å². The lowest BCUT2D eigenvalue weighted by Gasteiger charge is -2.39. The maximum atomic E-state index is 14.2. The highest BCUT2D eigenvalue weighted by molar-refractivity contribution is 5.96. The second-order valence-corrected chi connectivity index (χ2v) is 5.72. The van der Waals surface area contributed by atoms with Gasteiger partial charge in [0.15, 0.2) is 0 Å². The molecule has 1 saturated heterocycles. The van der Waals surface area contributed by atoms with E-state index in [1.54, 1.807) is 4.90 Å². The van der Waals surface area contributed by atoms with E-state index in [2.05, 4.69) is 0 Å². The van der Waals surface area contributed by atoms with Crippen molar-refractivity contribution in [1.82, 2.24) is 4.90 Å². The Morgan fingerprint density at radius 3 is 2.43 bits per heavy atom. The Bertz CT molecular complexity index is 579. The third kappa shape index (κ3) is 2.89. The number of hydrogen-bond donors (Lipinski definition) is 0. The Balaban J connectivity index is 2.45. The molecule has 1 amide bonds. The normalized spacial score (nSPS) is 22.2. The van der Waals surface area contributed by atoms with Crippen LogP contribution < -0.4 is 0 Å². The fraction of sp³-hybridized carbons (Fsp3) is 0.533. The third-order valence-corrected chi connectivity index (χ3v) is 4.11. The number of nitrogens with zero attached hydrogens (tertiary/aromatic N) is 2. The number of nitro groups is 1. The summed E-state index contributed by atoms with van der Waals surface area (Å²) in [6.45, 7) is 5.29. The van der Waals surface area contributed by atoms with Crippen molar-refractivity contribution in [2.45, 2.75) is 52.1 Å². The number of halogens is 1. The smallest absolute Gasteiger partial charge is 0.270 e. The highest BCUT2D eigenvalue weighted by Gasteiger charge is 2.32. The number of carbonyl (C=O) groups is 1. The average Bonchev–Trinajstić information content (AvgIpc) is 2.41. The SMILES string of the molecule is Cc1cc([N+](=O)[O-])cc(C(=O)N2C(C)CCCC2C)c1F. The van der Waals surface area contributed by atoms with Gasteiger partial charge in [0.25, 0.3) is 11.6 Å². The van der Waals surface area contributed by atoms with Gasteiger partial charge in [0.2, 0.25) is 0 Å². The lowest BCUT2D eigenvalue weighted by Crippen LogP contribution is -2.47. The maximum absolute atomic E-state index is 14.2. The van der Waals surface area contributed by atoms with Crippen LogP contribution in [0.15, 0.2) is 12.1 Å². The van der Waals surface area contributed by atoms with Crippen molar-refractivity contribution in [2.24, 2.45) is 0 Å². The molecule has 1 fully saturated rings. The van der Waals surface area contributed by atoms with Crippen molar-refractivity contribution < 1.29 is 14.1 Å². The number of piperidine rings is 1. The van der Waals surface area contributed by atoms with E-state index >= 15 is 0 Å². The molecule has 5 nitrogen and oxygen atoms in total. The molecule has 0 aromatic heterocycles. The van der Waals surface area contributed by atoms with Crippen LogP contribution in [0.4, 0.5) is 10.1 Å². The number of amides is 1. The third-order valence-electron chi connectivity index (χ3n) is 4.11. The summed E-state index contributed by atoms with van der Waals surface area (Å²) in [6, 6.07) is 2.22. The molecule has 1 aromatic carbocycles. The van der Waals surface area contributed by atoms with Gasteiger partial charge in [-0.15, -0.1) is 0 Å². The van der Waals surface area contributed by atoms with E-state index in [0.29, 0.717) is 0 Å². The molecule has 2 rings (SSSR count). The summed E-state index contributed by atoms with van der Waals surface area (Å²) in [5, 5.41) is 10.9. The number of likely N-dealkylation sites (tertiary alicyclic amines) is 1. The maximum Gasteiger partial charge on any atom is 0.270 e. The van der Waals surface area contributed by atoms with Crippen LogP contribution in [0.25, 0.3) is 0 Å². The van der Waals surface area contributed by atoms with Gasteiger partial charge < -0.3 is 4.90 Å². The van der Waals surface area contributed by atoms with Crippen LogP contribution in [0.1, 0.15) is 49.0 Å². The number of hydrogen-bond acceptors (Lipinski definition) is 3. The number of rotatable bonds is 2. The first kappa shape index (κ1) is 15.4. The van der Waals surface area contributed by atoms with Crippen LogP contribution in [0, 0.1) is 22.9 Å². The molecule has 2 atom stereocenters. The van der Waals surface area contributed by atoms with Crippen LogP contribution in [-0.4, -0.2) is 27.8 Å². The predicted octanol–water partition coefficient (Wildman–Crippen LogP) is 3.45. The molecule has 1 heterocycles. The minimum Gasteiger partial charge on any atom is -0.333 e. The standard InChI is InChI=1S/C15H19FN2O3/c1-9-7-12(18(20)21)8-13(14(9)16)15(19)17-10(2)5-4-6-11(17)3/h7-8,10-11H,4-6H2,1-3H3. The van der Waals surface area contributed by atoms with Crippen molar-refractivity contribution in [3.05, 3.63) is 39.2 Å². The van der Waals surface area contributed by atoms with Crippen LogP contribution in [0.3, 0.4) is 0 Å². The second kappa shape index (κ2) is 5.79. The minimum absolute atomic E-state index is 0.0141. The van der Waals surface area contributed by atoms with Crippen LogP contribution in [0.5, 0.6) is 0 Å². The minimum atomic E-state index is -0.671. The average molecular weight is 294 g/mol. The molecule has 0 N–H and O–H groups in total. The summed E-state index contributed by atoms with van der Waals surface area (Å²) in [5.74, 6) is -1.13. The Hall–Kier alpha value is -1.98. The quantitative estimate of drug-likeness (QED) is 0.620. The van der Waals surface area contributed by atoms with Crippen LogP contribution in [0.2, 0.25) is 0 Å². The number of carbonyl (C=O) groups excluding carboxylic acids is 1. The van der Waals surface area contributed by atoms with Crippen molar-refractivity contribution in [3.63, 3.8) is 0 Å². The van der Waals surface area contributed by atoms with Gasteiger partial charge in [-0.3, -0.25) is 14.9 Å². The van der Waals surface area contributed by atoms with Crippen LogP contribution >= 0.6 is 0 Å². The van der Waals surface area contributed by atoms with Crippen molar-refractivity contribution in [2.75, 3.05) is 0 Å². The molecule has 114 valence electrons. The van der Waals surface area contributed by atoms with Gasteiger partial charge in [0.05, 0.1) is 10.5 Å². The van der Waals surface area contributed by atoms with Gasteiger partial charge in [-0.25, -0.2) is 4.39 Å². The monoisotopic (exact) mass is 294 g/mol. The number of non-ortho nitro benzene ring substituents is 1. The van der Waals surface area contributed by atoms with E-state index in [9.17, 15) is 19.3 Å². The zero-order valence-electron chi connectivity index (χ0n) is 12.4. The Labute approximate surface area is 122 Å². The fourth-order valence-corrected chi connectivity index (χ4v) is 2.97. The van der Waals surface area contributed by atoms with E-state index in [4.69, 9.17) is 0 Å². The summed E-state index contributed by atoms with van der Waals surface area (Å²) in [6.07, 6.45) is 2.76. The van der Waals surface area contributed by atoms with Gasteiger partial charge in [-0.05, 0) is 45.6 Å². The number of aryl methyl sites for hydroxylation is 1. The Morgan fingerprint density at radius 1 is 1.33 bits per heavy atom. The molecule has 21 heavy (non-hydrogen) atoms. The summed E-state index contributed by atoms with van der Waals surface area (Å²) in [7, 11) is 0. The Morgan fingerprint density at radius 2 is 1.90 bits per heavy atom. The molecule has 6 heteroatoms. The molecule has 2 unspecified atom stereocenters. The first-order valence-corrected chi connectivity index (χ1v) is 7.10. The van der Waals surface area contributed by atoms with Gasteiger partial charge in [-0.1, -0.05) is 0 Å². The highest BCUT2D eigenvalue weighted by Crippen LogP contribution is 2.28. The summed E-state index contributed by atoms with van der Waals surface area (Å²) >= 11 is 0. The largest absolute Gasteiger partial charge is 0.333 e. The zero-order valence-corrected chi connectivity index (χ0v) is 12.4. The first-order valence-electron chi connectivity index (χ1n) is 7.10. The summed E-state index contributed by atoms with van der Waals surface area (Å²) in [4.78, 5) is 24.6. The van der Waals surface area contributed by atoms with E-state index in [0.717, 1.165) is 31.4 Å². The molecule has 0 bridgehead atoms. The molecule has 0 spiro atoms. The topological polar surface area (TPSA) is 63.5 Å². The zero-order chi connectivity index (χ0) is 15.7. The van der Waals surface area contributed by atoms with E-state index in [-0.39, 0.29) is 28.9 Å². The number of benzene rings is 1. The van der Waals surface area contributed by atoms with E-state index < -0.39 is 16.6 Å². The van der Waals surface area contributed by atoms with Crippen molar-refractivity contribution in [3.8, 4) is 0 Å². The summed E-state index contributed by atoms with van der Waals surface area (Å²) < 4.78 is 14.2. The Kier molecular flexibility index (Phi) is 4.25. The molecule has 1 aromatic rings. The molecule has 0 aliphatic carbocycles. The molecular weight excluding hydrogens is 275 g/mol. The molecule has 1 aliphatic heterocycles. The van der Waals surface area contributed by atoms with E-state index in [1.807, 2.05) is 13.8 Å². The first-order chi connectivity index (χ1) is 9.82. The van der Waals surface area contributed by atoms with Crippen molar-refractivity contribution in [1.29, 1.82) is 0 Å². The molecule has 0 saturated carbocycles. The lowest BCUT2D eigenvalue weighted by molar-refractivity contribution is -0.385. The second-order valence-electron chi connectivity index (χ2n) is 5.72. The highest BCUT2D eigenvalue weighted by atomic mass is 19.1. The van der Waals surface area contributed by atoms with Crippen LogP contribution in [-0.2, 0) is 0 Å². The summed E-state index contributed by atoms with van der Waals surface area (Å²) in [5.41, 5.74) is -0.346. The van der Waals surface area contributed by atoms with E-state index in [1.165, 1.54) is 6.92 Å². The molecular formula is C15H19FN2O3. The van der Waals surface area contributed by atoms with Crippen molar-refractivity contribution >= 4 is 11.6 Å². The van der Waals surface area contributed by atoms with Gasteiger partial charge >= 0.3 is 0 Å². The molecule has 1 aliphatic rings. The molecule has 0 radical (unpaired) electrons. The predicted molar refractivity (Wildman–Crippen MR) is 76.7 cm³/mol. The van der Waals surface area contributed by atoms with Gasteiger partial charge in [0, 0.05) is 24.2 Å².